The number of piperidine rings is 1. The Labute approximate surface area is 183 Å². The number of fused-ring (bicyclic) bond motifs is 1. The van der Waals surface area contributed by atoms with Crippen molar-refractivity contribution in [2.45, 2.75) is 58.0 Å². The molecule has 1 N–H and O–H groups in total. The number of carbonyl (C=O) groups excluding carboxylic acids is 2. The van der Waals surface area contributed by atoms with Crippen LogP contribution in [-0.2, 0) is 4.79 Å². The van der Waals surface area contributed by atoms with Gasteiger partial charge in [-0.15, -0.1) is 0 Å². The molecule has 1 aromatic carbocycles. The molecule has 3 heterocycles. The number of amides is 2. The van der Waals surface area contributed by atoms with Crippen LogP contribution >= 0.6 is 0 Å². The van der Waals surface area contributed by atoms with E-state index in [9.17, 15) is 9.59 Å². The van der Waals surface area contributed by atoms with E-state index in [-0.39, 0.29) is 23.3 Å². The summed E-state index contributed by atoms with van der Waals surface area (Å²) in [5.41, 5.74) is 1.41. The molecule has 1 saturated heterocycles. The molecule has 2 aliphatic rings. The molecule has 1 atom stereocenters. The van der Waals surface area contributed by atoms with E-state index in [0.29, 0.717) is 43.3 Å². The second-order valence-corrected chi connectivity index (χ2v) is 9.31. The Kier molecular flexibility index (Phi) is 6.08. The molecule has 0 saturated carbocycles. The molecule has 6 nitrogen and oxygen atoms in total. The van der Waals surface area contributed by atoms with Crippen molar-refractivity contribution in [3.8, 4) is 5.75 Å². The maximum Gasteiger partial charge on any atom is 0.257 e. The molecule has 6 heteroatoms. The number of carbonyl (C=O) groups is 2. The van der Waals surface area contributed by atoms with Gasteiger partial charge in [0.05, 0.1) is 11.8 Å². The predicted molar refractivity (Wildman–Crippen MR) is 118 cm³/mol. The van der Waals surface area contributed by atoms with Gasteiger partial charge in [0, 0.05) is 44.8 Å². The number of hydrogen-bond acceptors (Lipinski definition) is 4. The lowest BCUT2D eigenvalue weighted by Crippen LogP contribution is -2.52. The molecule has 0 radical (unpaired) electrons. The smallest absolute Gasteiger partial charge is 0.257 e. The largest absolute Gasteiger partial charge is 0.487 e. The number of ether oxygens (including phenoxy) is 1. The van der Waals surface area contributed by atoms with Gasteiger partial charge in [-0.2, -0.15) is 0 Å². The number of hydrogen-bond donors (Lipinski definition) is 1. The van der Waals surface area contributed by atoms with Crippen LogP contribution in [0.25, 0.3) is 0 Å². The monoisotopic (exact) mass is 424 g/mol. The van der Waals surface area contributed by atoms with Gasteiger partial charge in [0.15, 0.2) is 0 Å². The third kappa shape index (κ3) is 4.63. The molecule has 4 rings (SSSR count). The van der Waals surface area contributed by atoms with Gasteiger partial charge >= 0.3 is 0 Å². The molecular weight excluding hydrogens is 392 g/mol. The first-order chi connectivity index (χ1) is 14.9. The van der Waals surface area contributed by atoms with Gasteiger partial charge in [0.1, 0.15) is 17.1 Å². The minimum Gasteiger partial charge on any atom is -0.487 e. The molecule has 1 aromatic heterocycles. The molecule has 31 heavy (non-hydrogen) atoms. The molecule has 166 valence electrons. The summed E-state index contributed by atoms with van der Waals surface area (Å²) in [6, 6.07) is 9.80. The summed E-state index contributed by atoms with van der Waals surface area (Å²) in [5, 5.41) is 3.05. The summed E-state index contributed by atoms with van der Waals surface area (Å²) in [7, 11) is 0. The third-order valence-electron chi connectivity index (χ3n) is 6.49. The van der Waals surface area contributed by atoms with Crippen LogP contribution in [0.4, 0.5) is 0 Å². The van der Waals surface area contributed by atoms with Gasteiger partial charge in [-0.3, -0.25) is 9.59 Å². The van der Waals surface area contributed by atoms with Crippen molar-refractivity contribution < 1.29 is 18.7 Å². The van der Waals surface area contributed by atoms with Crippen LogP contribution in [0.3, 0.4) is 0 Å². The summed E-state index contributed by atoms with van der Waals surface area (Å²) < 4.78 is 11.8. The zero-order valence-electron chi connectivity index (χ0n) is 18.6. The second-order valence-electron chi connectivity index (χ2n) is 9.31. The molecule has 0 unspecified atom stereocenters. The standard InChI is InChI=1S/C25H32N2O4/c1-17(2)16-26-23(28)14-19-15-25(31-22-7-5-4-6-21(19)22)9-11-27(12-10-25)24(29)20-8-13-30-18(20)3/h4-8,13,17,19H,9-12,14-16H2,1-3H3,(H,26,28)/t19-/m0/s1. The molecule has 2 amide bonds. The molecule has 1 fully saturated rings. The summed E-state index contributed by atoms with van der Waals surface area (Å²) in [6.07, 6.45) is 4.34. The molecule has 2 aromatic rings. The van der Waals surface area contributed by atoms with Crippen LogP contribution < -0.4 is 10.1 Å². The van der Waals surface area contributed by atoms with Crippen molar-refractivity contribution in [3.63, 3.8) is 0 Å². The maximum atomic E-state index is 12.9. The van der Waals surface area contributed by atoms with Gasteiger partial charge in [-0.05, 0) is 37.0 Å². The van der Waals surface area contributed by atoms with Crippen LogP contribution in [0.2, 0.25) is 0 Å². The van der Waals surface area contributed by atoms with E-state index in [1.54, 1.807) is 12.3 Å². The van der Waals surface area contributed by atoms with Gasteiger partial charge in [-0.1, -0.05) is 32.0 Å². The first-order valence-electron chi connectivity index (χ1n) is 11.2. The Balaban J connectivity index is 1.46. The van der Waals surface area contributed by atoms with Crippen LogP contribution in [0.5, 0.6) is 5.75 Å². The number of rotatable bonds is 5. The maximum absolute atomic E-state index is 12.9. The number of nitrogens with zero attached hydrogens (tertiary/aromatic N) is 1. The Bertz CT molecular complexity index is 941. The Morgan fingerprint density at radius 2 is 1.94 bits per heavy atom. The highest BCUT2D eigenvalue weighted by atomic mass is 16.5. The highest BCUT2D eigenvalue weighted by Gasteiger charge is 2.44. The fourth-order valence-electron chi connectivity index (χ4n) is 4.74. The lowest BCUT2D eigenvalue weighted by atomic mass is 9.76. The van der Waals surface area contributed by atoms with E-state index in [4.69, 9.17) is 9.15 Å². The van der Waals surface area contributed by atoms with Crippen molar-refractivity contribution in [1.29, 1.82) is 0 Å². The van der Waals surface area contributed by atoms with Crippen LogP contribution in [-0.4, -0.2) is 41.9 Å². The van der Waals surface area contributed by atoms with Crippen LogP contribution in [0.1, 0.15) is 67.1 Å². The van der Waals surface area contributed by atoms with Crippen molar-refractivity contribution in [1.82, 2.24) is 10.2 Å². The Morgan fingerprint density at radius 3 is 2.61 bits per heavy atom. The van der Waals surface area contributed by atoms with Crippen molar-refractivity contribution >= 4 is 11.8 Å². The summed E-state index contributed by atoms with van der Waals surface area (Å²) >= 11 is 0. The highest BCUT2D eigenvalue weighted by Crippen LogP contribution is 2.46. The fourth-order valence-corrected chi connectivity index (χ4v) is 4.74. The first kappa shape index (κ1) is 21.5. The van der Waals surface area contributed by atoms with E-state index >= 15 is 0 Å². The highest BCUT2D eigenvalue weighted by molar-refractivity contribution is 5.95. The lowest BCUT2D eigenvalue weighted by molar-refractivity contribution is -0.122. The number of furan rings is 1. The number of aryl methyl sites for hydroxylation is 1. The zero-order chi connectivity index (χ0) is 22.0. The van der Waals surface area contributed by atoms with E-state index < -0.39 is 0 Å². The average Bonchev–Trinajstić information content (AvgIpc) is 3.18. The SMILES string of the molecule is Cc1occc1C(=O)N1CCC2(CC1)C[C@H](CC(=O)NCC(C)C)c1ccccc1O2. The van der Waals surface area contributed by atoms with Gasteiger partial charge in [0.25, 0.3) is 5.91 Å². The minimum absolute atomic E-state index is 0.0157. The van der Waals surface area contributed by atoms with Crippen molar-refractivity contribution in [2.75, 3.05) is 19.6 Å². The average molecular weight is 425 g/mol. The topological polar surface area (TPSA) is 71.8 Å². The summed E-state index contributed by atoms with van der Waals surface area (Å²) in [5.74, 6) is 2.19. The lowest BCUT2D eigenvalue weighted by Gasteiger charge is -2.47. The Hall–Kier alpha value is -2.76. The zero-order valence-corrected chi connectivity index (χ0v) is 18.6. The van der Waals surface area contributed by atoms with E-state index in [1.165, 1.54) is 0 Å². The first-order valence-corrected chi connectivity index (χ1v) is 11.2. The second kappa shape index (κ2) is 8.77. The molecule has 0 aliphatic carbocycles. The normalized spacial score (nSPS) is 19.7. The summed E-state index contributed by atoms with van der Waals surface area (Å²) in [4.78, 5) is 27.3. The van der Waals surface area contributed by atoms with Crippen LogP contribution in [0, 0.1) is 12.8 Å². The number of benzene rings is 1. The van der Waals surface area contributed by atoms with Crippen LogP contribution in [0.15, 0.2) is 41.0 Å². The Morgan fingerprint density at radius 1 is 1.19 bits per heavy atom. The van der Waals surface area contributed by atoms with Gasteiger partial charge < -0.3 is 19.4 Å². The van der Waals surface area contributed by atoms with E-state index in [1.807, 2.05) is 30.0 Å². The van der Waals surface area contributed by atoms with Gasteiger partial charge in [0.2, 0.25) is 5.91 Å². The number of nitrogens with one attached hydrogen (secondary N) is 1. The minimum atomic E-state index is -0.334. The molecule has 1 spiro atoms. The molecular formula is C25H32N2O4. The van der Waals surface area contributed by atoms with E-state index in [0.717, 1.165) is 30.6 Å². The van der Waals surface area contributed by atoms with Crippen molar-refractivity contribution in [3.05, 3.63) is 53.5 Å². The van der Waals surface area contributed by atoms with Gasteiger partial charge in [-0.25, -0.2) is 0 Å². The fraction of sp³-hybridized carbons (Fsp3) is 0.520. The third-order valence-corrected chi connectivity index (χ3v) is 6.49. The van der Waals surface area contributed by atoms with E-state index in [2.05, 4.69) is 25.2 Å². The molecule has 2 aliphatic heterocycles. The summed E-state index contributed by atoms with van der Waals surface area (Å²) in [6.45, 7) is 7.97. The number of likely N-dealkylation sites (tertiary alicyclic amines) is 1. The van der Waals surface area contributed by atoms with Crippen molar-refractivity contribution in [2.24, 2.45) is 5.92 Å². The molecule has 0 bridgehead atoms. The quantitative estimate of drug-likeness (QED) is 0.777. The number of para-hydroxylation sites is 1. The predicted octanol–water partition coefficient (Wildman–Crippen LogP) is 4.29.